The third-order valence-corrected chi connectivity index (χ3v) is 5.41. The fourth-order valence-electron chi connectivity index (χ4n) is 1.33. The van der Waals surface area contributed by atoms with Crippen molar-refractivity contribution in [3.8, 4) is 0 Å². The summed E-state index contributed by atoms with van der Waals surface area (Å²) in [5.41, 5.74) is 0. The third-order valence-electron chi connectivity index (χ3n) is 2.54. The Bertz CT molecular complexity index is 606. The fourth-order valence-corrected chi connectivity index (χ4v) is 3.75. The number of nitrogens with zero attached hydrogens (tertiary/aromatic N) is 2. The summed E-state index contributed by atoms with van der Waals surface area (Å²) in [5.74, 6) is -1.07. The number of sulfonamides is 1. The zero-order valence-electron chi connectivity index (χ0n) is 11.6. The molecule has 0 bridgehead atoms. The minimum absolute atomic E-state index is 0.00310. The maximum atomic E-state index is 12.3. The smallest absolute Gasteiger partial charge is 0.349 e. The molecule has 0 fully saturated rings. The van der Waals surface area contributed by atoms with Gasteiger partial charge in [0.15, 0.2) is 0 Å². The number of rotatable bonds is 5. The van der Waals surface area contributed by atoms with Gasteiger partial charge in [-0.25, -0.2) is 13.2 Å². The summed E-state index contributed by atoms with van der Waals surface area (Å²) in [6.45, 7) is -0.300. The largest absolute Gasteiger partial charge is 0.465 e. The highest BCUT2D eigenvalue weighted by Crippen LogP contribution is 2.25. The monoisotopic (exact) mass is 320 g/mol. The van der Waals surface area contributed by atoms with Crippen LogP contribution in [0.3, 0.4) is 0 Å². The van der Waals surface area contributed by atoms with Gasteiger partial charge in [-0.1, -0.05) is 0 Å². The number of esters is 1. The molecule has 1 heterocycles. The summed E-state index contributed by atoms with van der Waals surface area (Å²) in [6, 6.07) is 1.32. The highest BCUT2D eigenvalue weighted by atomic mass is 32.2. The van der Waals surface area contributed by atoms with E-state index in [2.05, 4.69) is 4.74 Å². The number of ether oxygens (including phenoxy) is 1. The topological polar surface area (TPSA) is 84.0 Å². The lowest BCUT2D eigenvalue weighted by Gasteiger charge is -2.19. The van der Waals surface area contributed by atoms with Gasteiger partial charge in [-0.05, 0) is 11.4 Å². The average Bonchev–Trinajstić information content (AvgIpc) is 2.87. The first-order chi connectivity index (χ1) is 9.21. The minimum Gasteiger partial charge on any atom is -0.465 e. The van der Waals surface area contributed by atoms with Gasteiger partial charge < -0.3 is 9.64 Å². The third kappa shape index (κ3) is 3.35. The van der Waals surface area contributed by atoms with E-state index in [9.17, 15) is 18.0 Å². The van der Waals surface area contributed by atoms with E-state index < -0.39 is 16.0 Å². The molecule has 0 N–H and O–H groups in total. The van der Waals surface area contributed by atoms with Crippen LogP contribution in [0.4, 0.5) is 0 Å². The molecule has 0 saturated heterocycles. The first kappa shape index (κ1) is 16.6. The molecule has 0 atom stereocenters. The van der Waals surface area contributed by atoms with Crippen LogP contribution in [0.5, 0.6) is 0 Å². The summed E-state index contributed by atoms with van der Waals surface area (Å²) in [5, 5.41) is 1.49. The Morgan fingerprint density at radius 2 is 1.90 bits per heavy atom. The Kier molecular flexibility index (Phi) is 5.26. The minimum atomic E-state index is -3.91. The number of hydrogen-bond donors (Lipinski definition) is 0. The number of carbonyl (C=O) groups is 2. The van der Waals surface area contributed by atoms with Crippen molar-refractivity contribution in [1.82, 2.24) is 9.21 Å². The predicted molar refractivity (Wildman–Crippen MR) is 74.2 cm³/mol. The lowest BCUT2D eigenvalue weighted by molar-refractivity contribution is -0.128. The van der Waals surface area contributed by atoms with E-state index in [1.807, 2.05) is 0 Å². The first-order valence-corrected chi connectivity index (χ1v) is 7.86. The Balaban J connectivity index is 3.08. The average molecular weight is 320 g/mol. The van der Waals surface area contributed by atoms with E-state index in [0.717, 1.165) is 15.6 Å². The van der Waals surface area contributed by atoms with Gasteiger partial charge in [0.1, 0.15) is 9.77 Å². The second-order valence-electron chi connectivity index (χ2n) is 4.15. The van der Waals surface area contributed by atoms with Crippen LogP contribution in [0.25, 0.3) is 0 Å². The highest BCUT2D eigenvalue weighted by Gasteiger charge is 2.29. The van der Waals surface area contributed by atoms with Gasteiger partial charge in [0, 0.05) is 21.1 Å². The fraction of sp³-hybridized carbons (Fsp3) is 0.455. The molecule has 1 rings (SSSR count). The standard InChI is InChI=1S/C11H16N2O5S2/c1-12(2)9(14)7-13(3)20(16,17)8-5-6-19-10(8)11(15)18-4/h5-6H,7H2,1-4H3. The Hall–Kier alpha value is -1.45. The van der Waals surface area contributed by atoms with Gasteiger partial charge in [-0.3, -0.25) is 4.79 Å². The van der Waals surface area contributed by atoms with Crippen LogP contribution in [0.15, 0.2) is 16.3 Å². The van der Waals surface area contributed by atoms with E-state index >= 15 is 0 Å². The summed E-state index contributed by atoms with van der Waals surface area (Å²) in [7, 11) is 1.62. The van der Waals surface area contributed by atoms with Crippen LogP contribution in [-0.2, 0) is 19.6 Å². The molecule has 0 spiro atoms. The van der Waals surface area contributed by atoms with Crippen molar-refractivity contribution in [3.63, 3.8) is 0 Å². The van der Waals surface area contributed by atoms with Crippen LogP contribution in [0.1, 0.15) is 9.67 Å². The molecule has 9 heteroatoms. The van der Waals surface area contributed by atoms with Crippen LogP contribution in [0.2, 0.25) is 0 Å². The molecule has 0 aliphatic heterocycles. The highest BCUT2D eigenvalue weighted by molar-refractivity contribution is 7.89. The molecule has 0 saturated carbocycles. The Morgan fingerprint density at radius 1 is 1.30 bits per heavy atom. The van der Waals surface area contributed by atoms with Crippen LogP contribution >= 0.6 is 11.3 Å². The summed E-state index contributed by atoms with van der Waals surface area (Å²) in [4.78, 5) is 24.2. The molecule has 1 aromatic rings. The van der Waals surface area contributed by atoms with Gasteiger partial charge in [-0.2, -0.15) is 4.31 Å². The van der Waals surface area contributed by atoms with E-state index in [4.69, 9.17) is 0 Å². The van der Waals surface area contributed by atoms with Crippen LogP contribution < -0.4 is 0 Å². The second-order valence-corrected chi connectivity index (χ2v) is 7.08. The number of thiophene rings is 1. The van der Waals surface area contributed by atoms with E-state index in [1.165, 1.54) is 44.6 Å². The quantitative estimate of drug-likeness (QED) is 0.726. The van der Waals surface area contributed by atoms with E-state index in [1.54, 1.807) is 0 Å². The molecule has 0 unspecified atom stereocenters. The summed E-state index contributed by atoms with van der Waals surface area (Å²) in [6.07, 6.45) is 0. The number of likely N-dealkylation sites (N-methyl/N-ethyl adjacent to an activating group) is 2. The van der Waals surface area contributed by atoms with Crippen molar-refractivity contribution in [3.05, 3.63) is 16.3 Å². The first-order valence-electron chi connectivity index (χ1n) is 5.54. The van der Waals surface area contributed by atoms with Crippen molar-refractivity contribution in [2.45, 2.75) is 4.90 Å². The zero-order chi connectivity index (χ0) is 15.5. The van der Waals surface area contributed by atoms with E-state index in [-0.39, 0.29) is 22.2 Å². The molecule has 1 aromatic heterocycles. The maximum absolute atomic E-state index is 12.3. The van der Waals surface area contributed by atoms with Crippen molar-refractivity contribution in [2.75, 3.05) is 34.8 Å². The molecule has 1 amide bonds. The summed E-state index contributed by atoms with van der Waals surface area (Å²) >= 11 is 0.976. The lowest BCUT2D eigenvalue weighted by Crippen LogP contribution is -2.38. The van der Waals surface area contributed by atoms with Crippen molar-refractivity contribution >= 4 is 33.2 Å². The van der Waals surface area contributed by atoms with Crippen LogP contribution in [0, 0.1) is 0 Å². The number of methoxy groups -OCH3 is 1. The van der Waals surface area contributed by atoms with Gasteiger partial charge in [0.25, 0.3) is 0 Å². The maximum Gasteiger partial charge on any atom is 0.349 e. The number of hydrogen-bond acceptors (Lipinski definition) is 6. The van der Waals surface area contributed by atoms with Crippen LogP contribution in [-0.4, -0.2) is 64.3 Å². The normalized spacial score (nSPS) is 11.4. The molecular weight excluding hydrogens is 304 g/mol. The molecular formula is C11H16N2O5S2. The zero-order valence-corrected chi connectivity index (χ0v) is 13.2. The van der Waals surface area contributed by atoms with E-state index in [0.29, 0.717) is 0 Å². The molecule has 20 heavy (non-hydrogen) atoms. The Labute approximate surface area is 121 Å². The SMILES string of the molecule is COC(=O)c1sccc1S(=O)(=O)N(C)CC(=O)N(C)C. The second kappa shape index (κ2) is 6.33. The predicted octanol–water partition coefficient (Wildman–Crippen LogP) is 0.243. The van der Waals surface area contributed by atoms with Crippen molar-refractivity contribution in [1.29, 1.82) is 0 Å². The molecule has 112 valence electrons. The molecule has 0 aromatic carbocycles. The van der Waals surface area contributed by atoms with Gasteiger partial charge in [0.05, 0.1) is 13.7 Å². The molecule has 0 aliphatic rings. The molecule has 0 aliphatic carbocycles. The molecule has 0 radical (unpaired) electrons. The number of carbonyl (C=O) groups excluding carboxylic acids is 2. The van der Waals surface area contributed by atoms with Gasteiger partial charge >= 0.3 is 5.97 Å². The van der Waals surface area contributed by atoms with Gasteiger partial charge in [0.2, 0.25) is 15.9 Å². The van der Waals surface area contributed by atoms with Crippen molar-refractivity contribution < 1.29 is 22.7 Å². The summed E-state index contributed by atoms with van der Waals surface area (Å²) < 4.78 is 30.1. The Morgan fingerprint density at radius 3 is 2.40 bits per heavy atom. The van der Waals surface area contributed by atoms with Gasteiger partial charge in [-0.15, -0.1) is 11.3 Å². The molecule has 7 nitrogen and oxygen atoms in total. The van der Waals surface area contributed by atoms with Crippen molar-refractivity contribution in [2.24, 2.45) is 0 Å². The lowest BCUT2D eigenvalue weighted by atomic mass is 10.5. The number of amides is 1.